The Morgan fingerprint density at radius 1 is 1.58 bits per heavy atom. The van der Waals surface area contributed by atoms with Crippen molar-refractivity contribution in [3.05, 3.63) is 33.6 Å². The quantitative estimate of drug-likeness (QED) is 0.607. The Hall–Kier alpha value is -2.16. The predicted octanol–water partition coefficient (Wildman–Crippen LogP) is 0.197. The Bertz CT molecular complexity index is 678. The number of carboxylic acid groups (broad SMARTS) is 1. The zero-order valence-electron chi connectivity index (χ0n) is 10.2. The molecule has 0 spiro atoms. The number of hydrogen-bond donors (Lipinski definition) is 2. The van der Waals surface area contributed by atoms with E-state index in [9.17, 15) is 9.59 Å². The standard InChI is InChI=1S/C10H11N5O3S/c1-5-7(9(16)17)8(12-10(18)11-5)19-4-6-3-15(2)14-13-6/h3H,4H2,1-2H3,(H,16,17)(H,11,12,18). The molecule has 0 amide bonds. The van der Waals surface area contributed by atoms with Gasteiger partial charge >= 0.3 is 11.7 Å². The van der Waals surface area contributed by atoms with Gasteiger partial charge in [0, 0.05) is 24.7 Å². The molecule has 0 saturated carbocycles. The number of aromatic nitrogens is 5. The Labute approximate surface area is 111 Å². The number of aromatic amines is 1. The van der Waals surface area contributed by atoms with E-state index in [-0.39, 0.29) is 16.3 Å². The Balaban J connectivity index is 2.28. The Morgan fingerprint density at radius 2 is 2.32 bits per heavy atom. The van der Waals surface area contributed by atoms with E-state index < -0.39 is 11.7 Å². The van der Waals surface area contributed by atoms with Crippen molar-refractivity contribution in [3.63, 3.8) is 0 Å². The number of rotatable bonds is 4. The van der Waals surface area contributed by atoms with Gasteiger partial charge in [-0.3, -0.25) is 4.68 Å². The molecule has 2 N–H and O–H groups in total. The van der Waals surface area contributed by atoms with Gasteiger partial charge in [0.1, 0.15) is 10.6 Å². The first-order valence-electron chi connectivity index (χ1n) is 5.29. The molecule has 2 rings (SSSR count). The van der Waals surface area contributed by atoms with Crippen LogP contribution in [0, 0.1) is 6.92 Å². The molecule has 0 aliphatic carbocycles. The summed E-state index contributed by atoms with van der Waals surface area (Å²) < 4.78 is 1.55. The summed E-state index contributed by atoms with van der Waals surface area (Å²) in [5.74, 6) is -0.729. The van der Waals surface area contributed by atoms with Crippen molar-refractivity contribution in [3.8, 4) is 0 Å². The van der Waals surface area contributed by atoms with Crippen LogP contribution < -0.4 is 5.69 Å². The monoisotopic (exact) mass is 281 g/mol. The van der Waals surface area contributed by atoms with Crippen molar-refractivity contribution in [2.24, 2.45) is 7.05 Å². The second kappa shape index (κ2) is 5.22. The van der Waals surface area contributed by atoms with E-state index >= 15 is 0 Å². The largest absolute Gasteiger partial charge is 0.478 e. The molecule has 0 atom stereocenters. The molecule has 9 heteroatoms. The number of aromatic carboxylic acids is 1. The van der Waals surface area contributed by atoms with Crippen LogP contribution in [-0.2, 0) is 12.8 Å². The third-order valence-corrected chi connectivity index (χ3v) is 3.32. The summed E-state index contributed by atoms with van der Waals surface area (Å²) >= 11 is 1.14. The van der Waals surface area contributed by atoms with E-state index in [2.05, 4.69) is 20.3 Å². The molecule has 0 saturated heterocycles. The fourth-order valence-electron chi connectivity index (χ4n) is 1.52. The lowest BCUT2D eigenvalue weighted by atomic mass is 10.2. The van der Waals surface area contributed by atoms with Crippen molar-refractivity contribution in [1.82, 2.24) is 25.0 Å². The summed E-state index contributed by atoms with van der Waals surface area (Å²) in [5, 5.41) is 17.0. The van der Waals surface area contributed by atoms with E-state index in [0.29, 0.717) is 11.4 Å². The molecule has 0 bridgehead atoms. The van der Waals surface area contributed by atoms with Gasteiger partial charge in [0.25, 0.3) is 0 Å². The number of nitrogens with zero attached hydrogens (tertiary/aromatic N) is 4. The molecular formula is C10H11N5O3S. The molecule has 0 aromatic carbocycles. The third-order valence-electron chi connectivity index (χ3n) is 2.31. The maximum Gasteiger partial charge on any atom is 0.346 e. The third kappa shape index (κ3) is 2.99. The zero-order valence-corrected chi connectivity index (χ0v) is 11.1. The average molecular weight is 281 g/mol. The summed E-state index contributed by atoms with van der Waals surface area (Å²) in [7, 11) is 1.74. The maximum atomic E-state index is 11.3. The van der Waals surface area contributed by atoms with Gasteiger partial charge < -0.3 is 10.1 Å². The van der Waals surface area contributed by atoms with Crippen LogP contribution in [0.4, 0.5) is 0 Å². The average Bonchev–Trinajstić information content (AvgIpc) is 2.71. The summed E-state index contributed by atoms with van der Waals surface area (Å²) in [6.45, 7) is 1.53. The molecule has 2 heterocycles. The predicted molar refractivity (Wildman–Crippen MR) is 67.1 cm³/mol. The highest BCUT2D eigenvalue weighted by atomic mass is 32.2. The van der Waals surface area contributed by atoms with Crippen molar-refractivity contribution in [2.45, 2.75) is 17.7 Å². The van der Waals surface area contributed by atoms with E-state index in [1.165, 1.54) is 6.92 Å². The molecule has 0 aliphatic heterocycles. The Morgan fingerprint density at radius 3 is 2.89 bits per heavy atom. The molecule has 0 radical (unpaired) electrons. The number of hydrogen-bond acceptors (Lipinski definition) is 6. The topological polar surface area (TPSA) is 114 Å². The number of carboxylic acids is 1. The zero-order chi connectivity index (χ0) is 14.0. The smallest absolute Gasteiger partial charge is 0.346 e. The second-order valence-electron chi connectivity index (χ2n) is 3.82. The van der Waals surface area contributed by atoms with Crippen LogP contribution in [0.5, 0.6) is 0 Å². The molecule has 8 nitrogen and oxygen atoms in total. The number of H-pyrrole nitrogens is 1. The van der Waals surface area contributed by atoms with Gasteiger partial charge in [0.05, 0.1) is 5.69 Å². The Kier molecular flexibility index (Phi) is 3.65. The minimum Gasteiger partial charge on any atom is -0.478 e. The van der Waals surface area contributed by atoms with Crippen LogP contribution in [0.25, 0.3) is 0 Å². The highest BCUT2D eigenvalue weighted by Crippen LogP contribution is 2.23. The number of thioether (sulfide) groups is 1. The molecular weight excluding hydrogens is 270 g/mol. The first-order valence-corrected chi connectivity index (χ1v) is 6.28. The van der Waals surface area contributed by atoms with Gasteiger partial charge in [-0.1, -0.05) is 17.0 Å². The van der Waals surface area contributed by atoms with Crippen molar-refractivity contribution in [1.29, 1.82) is 0 Å². The van der Waals surface area contributed by atoms with Crippen LogP contribution in [0.15, 0.2) is 16.0 Å². The van der Waals surface area contributed by atoms with Gasteiger partial charge in [-0.05, 0) is 6.92 Å². The van der Waals surface area contributed by atoms with Gasteiger partial charge in [-0.15, -0.1) is 5.10 Å². The first kappa shape index (κ1) is 13.3. The lowest BCUT2D eigenvalue weighted by Gasteiger charge is -2.05. The van der Waals surface area contributed by atoms with Crippen molar-refractivity contribution >= 4 is 17.7 Å². The lowest BCUT2D eigenvalue weighted by Crippen LogP contribution is -2.18. The molecule has 0 fully saturated rings. The molecule has 0 unspecified atom stereocenters. The van der Waals surface area contributed by atoms with E-state index in [0.717, 1.165) is 11.8 Å². The van der Waals surface area contributed by atoms with E-state index in [1.54, 1.807) is 17.9 Å². The SMILES string of the molecule is Cc1[nH]c(=O)nc(SCc2cn(C)nn2)c1C(=O)O. The first-order chi connectivity index (χ1) is 8.97. The van der Waals surface area contributed by atoms with Crippen molar-refractivity contribution < 1.29 is 9.90 Å². The normalized spacial score (nSPS) is 10.6. The molecule has 2 aromatic heterocycles. The van der Waals surface area contributed by atoms with Gasteiger partial charge in [-0.25, -0.2) is 9.59 Å². The number of aryl methyl sites for hydroxylation is 2. The highest BCUT2D eigenvalue weighted by molar-refractivity contribution is 7.98. The van der Waals surface area contributed by atoms with Crippen molar-refractivity contribution in [2.75, 3.05) is 0 Å². The minimum absolute atomic E-state index is 0.00786. The van der Waals surface area contributed by atoms with Gasteiger partial charge in [-0.2, -0.15) is 4.98 Å². The number of nitrogens with one attached hydrogen (secondary N) is 1. The molecule has 2 aromatic rings. The maximum absolute atomic E-state index is 11.3. The van der Waals surface area contributed by atoms with Gasteiger partial charge in [0.15, 0.2) is 0 Å². The summed E-state index contributed by atoms with van der Waals surface area (Å²) in [5.41, 5.74) is 0.412. The van der Waals surface area contributed by atoms with Gasteiger partial charge in [0.2, 0.25) is 0 Å². The van der Waals surface area contributed by atoms with Crippen LogP contribution in [-0.4, -0.2) is 36.0 Å². The molecule has 100 valence electrons. The fraction of sp³-hybridized carbons (Fsp3) is 0.300. The second-order valence-corrected chi connectivity index (χ2v) is 4.79. The fourth-order valence-corrected chi connectivity index (χ4v) is 2.47. The summed E-state index contributed by atoms with van der Waals surface area (Å²) in [4.78, 5) is 28.5. The van der Waals surface area contributed by atoms with E-state index in [1.807, 2.05) is 0 Å². The minimum atomic E-state index is -1.12. The number of carbonyl (C=O) groups is 1. The molecule has 19 heavy (non-hydrogen) atoms. The highest BCUT2D eigenvalue weighted by Gasteiger charge is 2.17. The van der Waals surface area contributed by atoms with Crippen LogP contribution in [0.3, 0.4) is 0 Å². The summed E-state index contributed by atoms with van der Waals surface area (Å²) in [6, 6.07) is 0. The summed E-state index contributed by atoms with van der Waals surface area (Å²) in [6.07, 6.45) is 1.72. The van der Waals surface area contributed by atoms with E-state index in [4.69, 9.17) is 5.11 Å². The van der Waals surface area contributed by atoms with Crippen LogP contribution in [0.1, 0.15) is 21.7 Å². The van der Waals surface area contributed by atoms with Crippen LogP contribution >= 0.6 is 11.8 Å². The van der Waals surface area contributed by atoms with Crippen LogP contribution in [0.2, 0.25) is 0 Å². The lowest BCUT2D eigenvalue weighted by molar-refractivity contribution is 0.0690. The molecule has 0 aliphatic rings.